The van der Waals surface area contributed by atoms with Gasteiger partial charge in [-0.2, -0.15) is 5.10 Å². The highest BCUT2D eigenvalue weighted by Gasteiger charge is 2.15. The van der Waals surface area contributed by atoms with Crippen molar-refractivity contribution in [3.05, 3.63) is 86.6 Å². The highest BCUT2D eigenvalue weighted by atomic mass is 35.5. The number of carbonyl (C=O) groups excluding carboxylic acids is 1. The molecule has 7 nitrogen and oxygen atoms in total. The number of amides is 1. The van der Waals surface area contributed by atoms with Gasteiger partial charge in [-0.1, -0.05) is 42.8 Å². The maximum atomic E-state index is 12.0. The Morgan fingerprint density at radius 1 is 1.17 bits per heavy atom. The Kier molecular flexibility index (Phi) is 6.41. The quantitative estimate of drug-likeness (QED) is 0.344. The molecule has 0 unspecified atom stereocenters. The molecule has 3 aromatic rings. The van der Waals surface area contributed by atoms with E-state index in [9.17, 15) is 14.9 Å². The summed E-state index contributed by atoms with van der Waals surface area (Å²) >= 11 is 5.82. The molecular formula is C21H18ClN3O4. The number of nitro groups is 1. The predicted molar refractivity (Wildman–Crippen MR) is 111 cm³/mol. The van der Waals surface area contributed by atoms with Gasteiger partial charge in [0.2, 0.25) is 5.91 Å². The minimum Gasteiger partial charge on any atom is -0.455 e. The topological polar surface area (TPSA) is 97.7 Å². The molecule has 29 heavy (non-hydrogen) atoms. The molecule has 0 spiro atoms. The Labute approximate surface area is 172 Å². The van der Waals surface area contributed by atoms with E-state index >= 15 is 0 Å². The molecule has 0 saturated carbocycles. The van der Waals surface area contributed by atoms with Gasteiger partial charge in [-0.3, -0.25) is 14.9 Å². The zero-order valence-corrected chi connectivity index (χ0v) is 16.3. The van der Waals surface area contributed by atoms with E-state index in [1.54, 1.807) is 18.2 Å². The number of hydrogen-bond donors (Lipinski definition) is 1. The normalized spacial score (nSPS) is 11.0. The average Bonchev–Trinajstić information content (AvgIpc) is 3.17. The summed E-state index contributed by atoms with van der Waals surface area (Å²) in [6.07, 6.45) is 2.54. The molecule has 1 N–H and O–H groups in total. The minimum atomic E-state index is -0.553. The highest BCUT2D eigenvalue weighted by Crippen LogP contribution is 2.30. The first-order valence-corrected chi connectivity index (χ1v) is 9.28. The van der Waals surface area contributed by atoms with Gasteiger partial charge in [0.15, 0.2) is 0 Å². The fraction of sp³-hybridized carbons (Fsp3) is 0.143. The lowest BCUT2D eigenvalue weighted by atomic mass is 10.1. The maximum Gasteiger partial charge on any atom is 0.288 e. The number of carbonyl (C=O) groups is 1. The van der Waals surface area contributed by atoms with Gasteiger partial charge in [0.05, 0.1) is 17.6 Å². The molecule has 0 fully saturated rings. The number of nitrogens with one attached hydrogen (secondary N) is 1. The molecule has 1 amide bonds. The van der Waals surface area contributed by atoms with Crippen LogP contribution in [-0.4, -0.2) is 17.0 Å². The lowest BCUT2D eigenvalue weighted by Crippen LogP contribution is -2.19. The van der Waals surface area contributed by atoms with Gasteiger partial charge < -0.3 is 4.42 Å². The molecular weight excluding hydrogens is 394 g/mol. The van der Waals surface area contributed by atoms with Crippen molar-refractivity contribution in [2.45, 2.75) is 19.8 Å². The predicted octanol–water partition coefficient (Wildman–Crippen LogP) is 4.76. The number of hydrogen-bond acceptors (Lipinski definition) is 5. The first-order chi connectivity index (χ1) is 14.0. The van der Waals surface area contributed by atoms with Gasteiger partial charge in [-0.05, 0) is 41.8 Å². The van der Waals surface area contributed by atoms with Crippen LogP contribution in [0.4, 0.5) is 5.69 Å². The monoisotopic (exact) mass is 411 g/mol. The molecule has 148 valence electrons. The van der Waals surface area contributed by atoms with Gasteiger partial charge in [-0.25, -0.2) is 5.43 Å². The van der Waals surface area contributed by atoms with E-state index < -0.39 is 4.92 Å². The Hall–Kier alpha value is -3.45. The van der Waals surface area contributed by atoms with E-state index in [2.05, 4.69) is 17.5 Å². The van der Waals surface area contributed by atoms with Crippen molar-refractivity contribution in [3.8, 4) is 11.3 Å². The number of nitrogens with zero attached hydrogens (tertiary/aromatic N) is 2. The van der Waals surface area contributed by atoms with Crippen LogP contribution in [0.1, 0.15) is 23.8 Å². The van der Waals surface area contributed by atoms with Gasteiger partial charge in [-0.15, -0.1) is 0 Å². The summed E-state index contributed by atoms with van der Waals surface area (Å²) < 4.78 is 5.60. The van der Waals surface area contributed by atoms with Gasteiger partial charge >= 0.3 is 0 Å². The zero-order valence-electron chi connectivity index (χ0n) is 15.6. The molecule has 0 atom stereocenters. The number of rotatable bonds is 7. The van der Waals surface area contributed by atoms with Crippen LogP contribution in [-0.2, 0) is 17.6 Å². The molecule has 0 aliphatic carbocycles. The Morgan fingerprint density at radius 2 is 1.90 bits per heavy atom. The van der Waals surface area contributed by atoms with Crippen molar-refractivity contribution in [1.82, 2.24) is 5.43 Å². The Balaban J connectivity index is 1.61. The van der Waals surface area contributed by atoms with Crippen LogP contribution >= 0.6 is 11.6 Å². The first-order valence-electron chi connectivity index (χ1n) is 8.90. The second kappa shape index (κ2) is 9.16. The lowest BCUT2D eigenvalue weighted by molar-refractivity contribution is -0.384. The highest BCUT2D eigenvalue weighted by molar-refractivity contribution is 6.32. The molecule has 0 aliphatic heterocycles. The number of benzene rings is 2. The lowest BCUT2D eigenvalue weighted by Gasteiger charge is -2.02. The van der Waals surface area contributed by atoms with Crippen molar-refractivity contribution < 1.29 is 14.1 Å². The average molecular weight is 412 g/mol. The van der Waals surface area contributed by atoms with Crippen molar-refractivity contribution in [1.29, 1.82) is 0 Å². The largest absolute Gasteiger partial charge is 0.455 e. The minimum absolute atomic E-state index is 0.0548. The van der Waals surface area contributed by atoms with Crippen molar-refractivity contribution >= 4 is 29.4 Å². The standard InChI is InChI=1S/C21H18ClN3O4/c1-2-14-3-5-15(6-4-14)11-21(26)24-23-13-17-8-10-20(29-17)16-7-9-18(22)19(12-16)25(27)28/h3-10,12-13H,2,11H2,1H3,(H,24,26)/b23-13-. The van der Waals surface area contributed by atoms with E-state index in [0.717, 1.165) is 12.0 Å². The van der Waals surface area contributed by atoms with E-state index in [-0.39, 0.29) is 23.0 Å². The SMILES string of the molecule is CCc1ccc(CC(=O)N/N=C\c2ccc(-c3ccc(Cl)c([N+](=O)[O-])c3)o2)cc1. The van der Waals surface area contributed by atoms with Gasteiger partial charge in [0.1, 0.15) is 16.5 Å². The smallest absolute Gasteiger partial charge is 0.288 e. The molecule has 8 heteroatoms. The first kappa shape index (κ1) is 20.3. The van der Waals surface area contributed by atoms with Crippen LogP contribution in [0.25, 0.3) is 11.3 Å². The third-order valence-electron chi connectivity index (χ3n) is 4.23. The number of hydrazone groups is 1. The zero-order chi connectivity index (χ0) is 20.8. The van der Waals surface area contributed by atoms with Crippen LogP contribution in [0.3, 0.4) is 0 Å². The summed E-state index contributed by atoms with van der Waals surface area (Å²) in [6.45, 7) is 2.07. The van der Waals surface area contributed by atoms with Crippen LogP contribution in [0.15, 0.2) is 64.1 Å². The Morgan fingerprint density at radius 3 is 2.59 bits per heavy atom. The number of aryl methyl sites for hydroxylation is 1. The van der Waals surface area contributed by atoms with E-state index in [0.29, 0.717) is 17.1 Å². The second-order valence-electron chi connectivity index (χ2n) is 6.27. The van der Waals surface area contributed by atoms with E-state index in [4.69, 9.17) is 16.0 Å². The third-order valence-corrected chi connectivity index (χ3v) is 4.55. The summed E-state index contributed by atoms with van der Waals surface area (Å²) in [5, 5.41) is 15.0. The molecule has 0 bridgehead atoms. The summed E-state index contributed by atoms with van der Waals surface area (Å²) in [4.78, 5) is 22.4. The van der Waals surface area contributed by atoms with Crippen molar-refractivity contribution in [2.24, 2.45) is 5.10 Å². The van der Waals surface area contributed by atoms with Crippen LogP contribution in [0, 0.1) is 10.1 Å². The molecule has 1 aromatic heterocycles. The molecule has 0 aliphatic rings. The van der Waals surface area contributed by atoms with Crippen LogP contribution in [0.5, 0.6) is 0 Å². The molecule has 3 rings (SSSR count). The summed E-state index contributed by atoms with van der Waals surface area (Å²) in [7, 11) is 0. The number of nitro benzene ring substituents is 1. The third kappa shape index (κ3) is 5.30. The van der Waals surface area contributed by atoms with Crippen molar-refractivity contribution in [3.63, 3.8) is 0 Å². The number of furan rings is 1. The van der Waals surface area contributed by atoms with Crippen LogP contribution < -0.4 is 5.43 Å². The molecule has 1 heterocycles. The number of halogens is 1. The summed E-state index contributed by atoms with van der Waals surface area (Å²) in [5.74, 6) is 0.573. The summed E-state index contributed by atoms with van der Waals surface area (Å²) in [6, 6.07) is 15.6. The van der Waals surface area contributed by atoms with Gasteiger partial charge in [0.25, 0.3) is 5.69 Å². The van der Waals surface area contributed by atoms with Crippen LogP contribution in [0.2, 0.25) is 5.02 Å². The second-order valence-corrected chi connectivity index (χ2v) is 6.67. The Bertz CT molecular complexity index is 1060. The molecule has 0 saturated heterocycles. The molecule has 0 radical (unpaired) electrons. The molecule has 2 aromatic carbocycles. The van der Waals surface area contributed by atoms with Gasteiger partial charge in [0, 0.05) is 11.6 Å². The van der Waals surface area contributed by atoms with Crippen molar-refractivity contribution in [2.75, 3.05) is 0 Å². The van der Waals surface area contributed by atoms with E-state index in [1.807, 2.05) is 24.3 Å². The fourth-order valence-corrected chi connectivity index (χ4v) is 2.86. The fourth-order valence-electron chi connectivity index (χ4n) is 2.67. The van der Waals surface area contributed by atoms with E-state index in [1.165, 1.54) is 23.9 Å². The summed E-state index contributed by atoms with van der Waals surface area (Å²) in [5.41, 5.74) is 4.88. The maximum absolute atomic E-state index is 12.0.